The molecule has 2 aliphatic rings. The Hall–Kier alpha value is 1.10. The molecule has 2 aliphatic carbocycles. The first-order valence-electron chi connectivity index (χ1n) is 3.69. The molecule has 2 rings (SSSR count). The SMILES string of the molecule is Br.[Zn][C@@H]1C[C@@H]2CC[C@H]1C2. The van der Waals surface area contributed by atoms with Gasteiger partial charge in [-0.15, -0.1) is 17.0 Å². The molecule has 0 N–H and O–H groups in total. The molecule has 0 heterocycles. The van der Waals surface area contributed by atoms with Crippen LogP contribution in [0.5, 0.6) is 0 Å². The van der Waals surface area contributed by atoms with Gasteiger partial charge in [0.25, 0.3) is 0 Å². The fourth-order valence-corrected chi connectivity index (χ4v) is 4.26. The number of halogens is 1. The molecule has 0 unspecified atom stereocenters. The van der Waals surface area contributed by atoms with Crippen LogP contribution in [0.4, 0.5) is 0 Å². The zero-order chi connectivity index (χ0) is 5.56. The van der Waals surface area contributed by atoms with Crippen molar-refractivity contribution in [2.24, 2.45) is 11.8 Å². The molecule has 2 bridgehead atoms. The summed E-state index contributed by atoms with van der Waals surface area (Å²) in [5.74, 6) is 2.37. The van der Waals surface area contributed by atoms with E-state index in [1.807, 2.05) is 0 Å². The van der Waals surface area contributed by atoms with Gasteiger partial charge in [0.2, 0.25) is 0 Å². The Morgan fingerprint density at radius 2 is 1.89 bits per heavy atom. The van der Waals surface area contributed by atoms with E-state index in [0.29, 0.717) is 0 Å². The van der Waals surface area contributed by atoms with Crippen LogP contribution < -0.4 is 0 Å². The van der Waals surface area contributed by atoms with Crippen molar-refractivity contribution in [1.82, 2.24) is 0 Å². The van der Waals surface area contributed by atoms with Crippen LogP contribution in [0.2, 0.25) is 4.51 Å². The fraction of sp³-hybridized carbons (Fsp3) is 1.00. The molecular weight excluding hydrogens is 229 g/mol. The summed E-state index contributed by atoms with van der Waals surface area (Å²) in [5, 5.41) is 0. The average Bonchev–Trinajstić information content (AvgIpc) is 2.23. The zero-order valence-corrected chi connectivity index (χ0v) is 10.4. The molecule has 9 heavy (non-hydrogen) atoms. The van der Waals surface area contributed by atoms with Crippen LogP contribution in [-0.2, 0) is 18.3 Å². The zero-order valence-electron chi connectivity index (χ0n) is 5.68. The maximum absolute atomic E-state index is 1.60. The van der Waals surface area contributed by atoms with Gasteiger partial charge in [-0.2, -0.15) is 0 Å². The minimum atomic E-state index is 0. The fourth-order valence-electron chi connectivity index (χ4n) is 2.38. The number of hydrogen-bond donors (Lipinski definition) is 0. The van der Waals surface area contributed by atoms with Gasteiger partial charge in [0.15, 0.2) is 0 Å². The van der Waals surface area contributed by atoms with E-state index in [1.165, 1.54) is 16.3 Å². The van der Waals surface area contributed by atoms with Crippen molar-refractivity contribution in [2.45, 2.75) is 30.2 Å². The van der Waals surface area contributed by atoms with Crippen molar-refractivity contribution < 1.29 is 18.3 Å². The first kappa shape index (κ1) is 8.20. The molecule has 2 saturated carbocycles. The van der Waals surface area contributed by atoms with Crippen molar-refractivity contribution in [3.8, 4) is 0 Å². The second-order valence-corrected chi connectivity index (χ2v) is 5.64. The number of rotatable bonds is 0. The molecule has 0 radical (unpaired) electrons. The van der Waals surface area contributed by atoms with E-state index in [1.54, 1.807) is 44.0 Å². The Morgan fingerprint density at radius 3 is 2.11 bits per heavy atom. The molecule has 0 spiro atoms. The summed E-state index contributed by atoms with van der Waals surface area (Å²) < 4.78 is 1.20. The third-order valence-corrected chi connectivity index (χ3v) is 4.98. The van der Waals surface area contributed by atoms with Crippen LogP contribution in [-0.4, -0.2) is 0 Å². The summed E-state index contributed by atoms with van der Waals surface area (Å²) in [6.45, 7) is 0. The monoisotopic (exact) mass is 239 g/mol. The Labute approximate surface area is 77.2 Å². The second-order valence-electron chi connectivity index (χ2n) is 3.43. The normalized spacial score (nSPS) is 47.1. The molecule has 0 aromatic rings. The van der Waals surface area contributed by atoms with Gasteiger partial charge < -0.3 is 0 Å². The molecular formula is C7H12BrZn. The summed E-state index contributed by atoms with van der Waals surface area (Å²) in [7, 11) is 0. The van der Waals surface area contributed by atoms with E-state index in [4.69, 9.17) is 0 Å². The molecule has 49 valence electrons. The molecule has 3 atom stereocenters. The molecule has 0 amide bonds. The van der Waals surface area contributed by atoms with Gasteiger partial charge >= 0.3 is 60.3 Å². The standard InChI is InChI=1S/C7H11.BrH.Zn/c1-2-7-4-3-6(1)5-7;;/h1,6-7H,2-5H2;1H;/t6-,7+;;/m0../s1. The third-order valence-electron chi connectivity index (χ3n) is 2.88. The first-order valence-corrected chi connectivity index (χ1v) is 5.40. The van der Waals surface area contributed by atoms with Crippen LogP contribution >= 0.6 is 17.0 Å². The van der Waals surface area contributed by atoms with E-state index in [9.17, 15) is 0 Å². The molecule has 0 aromatic heterocycles. The predicted molar refractivity (Wildman–Crippen MR) is 39.5 cm³/mol. The van der Waals surface area contributed by atoms with Gasteiger partial charge in [-0.25, -0.2) is 0 Å². The van der Waals surface area contributed by atoms with Gasteiger partial charge in [0.1, 0.15) is 0 Å². The summed E-state index contributed by atoms with van der Waals surface area (Å²) in [4.78, 5) is 0. The Balaban J connectivity index is 0.000000405. The van der Waals surface area contributed by atoms with Crippen molar-refractivity contribution >= 4 is 17.0 Å². The van der Waals surface area contributed by atoms with Crippen LogP contribution in [0, 0.1) is 11.8 Å². The molecule has 0 aromatic carbocycles. The van der Waals surface area contributed by atoms with Gasteiger partial charge in [-0.1, -0.05) is 0 Å². The van der Waals surface area contributed by atoms with Crippen molar-refractivity contribution in [3.05, 3.63) is 0 Å². The Morgan fingerprint density at radius 1 is 1.11 bits per heavy atom. The Bertz CT molecular complexity index is 103. The summed E-state index contributed by atoms with van der Waals surface area (Å²) >= 11 is 1.57. The van der Waals surface area contributed by atoms with Gasteiger partial charge in [-0.3, -0.25) is 0 Å². The van der Waals surface area contributed by atoms with Crippen LogP contribution in [0.15, 0.2) is 0 Å². The van der Waals surface area contributed by atoms with Crippen LogP contribution in [0.3, 0.4) is 0 Å². The third kappa shape index (κ3) is 1.40. The summed E-state index contributed by atoms with van der Waals surface area (Å²) in [6, 6.07) is 0. The summed E-state index contributed by atoms with van der Waals surface area (Å²) in [6.07, 6.45) is 6.35. The Kier molecular flexibility index (Phi) is 2.74. The van der Waals surface area contributed by atoms with E-state index in [-0.39, 0.29) is 17.0 Å². The second kappa shape index (κ2) is 3.01. The van der Waals surface area contributed by atoms with Crippen LogP contribution in [0.1, 0.15) is 25.7 Å². The van der Waals surface area contributed by atoms with E-state index in [0.717, 1.165) is 0 Å². The summed E-state index contributed by atoms with van der Waals surface area (Å²) in [5.41, 5.74) is 0. The molecule has 0 aliphatic heterocycles. The van der Waals surface area contributed by atoms with E-state index < -0.39 is 0 Å². The van der Waals surface area contributed by atoms with Gasteiger partial charge in [0.05, 0.1) is 0 Å². The first-order chi connectivity index (χ1) is 3.86. The van der Waals surface area contributed by atoms with Gasteiger partial charge in [0, 0.05) is 0 Å². The number of fused-ring (bicyclic) bond motifs is 2. The molecule has 0 nitrogen and oxygen atoms in total. The quantitative estimate of drug-likeness (QED) is 0.572. The molecule has 2 heteroatoms. The average molecular weight is 241 g/mol. The van der Waals surface area contributed by atoms with Crippen LogP contribution in [0.25, 0.3) is 0 Å². The van der Waals surface area contributed by atoms with E-state index >= 15 is 0 Å². The van der Waals surface area contributed by atoms with Crippen molar-refractivity contribution in [1.29, 1.82) is 0 Å². The topological polar surface area (TPSA) is 0 Å². The van der Waals surface area contributed by atoms with E-state index in [2.05, 4.69) is 0 Å². The molecule has 0 saturated heterocycles. The van der Waals surface area contributed by atoms with Gasteiger partial charge in [-0.05, 0) is 0 Å². The molecule has 2 fully saturated rings. The van der Waals surface area contributed by atoms with Crippen molar-refractivity contribution in [3.63, 3.8) is 0 Å². The minimum absolute atomic E-state index is 0. The van der Waals surface area contributed by atoms with Crippen molar-refractivity contribution in [2.75, 3.05) is 0 Å². The predicted octanol–water partition coefficient (Wildman–Crippen LogP) is 2.72. The number of hydrogen-bond acceptors (Lipinski definition) is 0. The maximum atomic E-state index is 1.60.